The smallest absolute Gasteiger partial charge is 0.253 e. The van der Waals surface area contributed by atoms with Gasteiger partial charge in [-0.3, -0.25) is 4.79 Å². The molecule has 0 bridgehead atoms. The van der Waals surface area contributed by atoms with Crippen LogP contribution in [-0.4, -0.2) is 42.0 Å². The van der Waals surface area contributed by atoms with E-state index >= 15 is 0 Å². The zero-order valence-corrected chi connectivity index (χ0v) is 12.5. The minimum atomic E-state index is -0.202. The fourth-order valence-electron chi connectivity index (χ4n) is 2.61. The Hall–Kier alpha value is -1.33. The van der Waals surface area contributed by atoms with Crippen molar-refractivity contribution < 1.29 is 4.79 Å². The SMILES string of the molecule is CN(CCNC(=O)c1cc(Cl)ncc1N)C1CCCC1. The first kappa shape index (κ1) is 15.1. The molecular formula is C14H21ClN4O. The molecule has 110 valence electrons. The lowest BCUT2D eigenvalue weighted by Gasteiger charge is -2.23. The van der Waals surface area contributed by atoms with Crippen molar-refractivity contribution in [3.05, 3.63) is 23.0 Å². The molecule has 20 heavy (non-hydrogen) atoms. The van der Waals surface area contributed by atoms with Crippen LogP contribution in [0, 0.1) is 0 Å². The van der Waals surface area contributed by atoms with Gasteiger partial charge in [0.15, 0.2) is 0 Å². The third kappa shape index (κ3) is 3.84. The van der Waals surface area contributed by atoms with Crippen LogP contribution < -0.4 is 11.1 Å². The van der Waals surface area contributed by atoms with Gasteiger partial charge in [0, 0.05) is 19.1 Å². The van der Waals surface area contributed by atoms with E-state index < -0.39 is 0 Å². The van der Waals surface area contributed by atoms with Gasteiger partial charge in [0.05, 0.1) is 17.4 Å². The van der Waals surface area contributed by atoms with E-state index in [1.807, 2.05) is 0 Å². The van der Waals surface area contributed by atoms with Gasteiger partial charge >= 0.3 is 0 Å². The molecule has 1 aromatic rings. The van der Waals surface area contributed by atoms with E-state index in [0.29, 0.717) is 23.8 Å². The second-order valence-corrected chi connectivity index (χ2v) is 5.66. The van der Waals surface area contributed by atoms with Crippen LogP contribution in [0.1, 0.15) is 36.0 Å². The summed E-state index contributed by atoms with van der Waals surface area (Å²) in [7, 11) is 2.11. The second-order valence-electron chi connectivity index (χ2n) is 5.27. The number of nitrogens with one attached hydrogen (secondary N) is 1. The lowest BCUT2D eigenvalue weighted by Crippen LogP contribution is -2.37. The number of anilines is 1. The van der Waals surface area contributed by atoms with E-state index in [9.17, 15) is 4.79 Å². The number of nitrogens with zero attached hydrogens (tertiary/aromatic N) is 2. The molecule has 1 fully saturated rings. The van der Waals surface area contributed by atoms with E-state index in [4.69, 9.17) is 17.3 Å². The molecule has 1 aliphatic carbocycles. The highest BCUT2D eigenvalue weighted by molar-refractivity contribution is 6.29. The molecule has 0 aliphatic heterocycles. The Bertz CT molecular complexity index is 474. The molecule has 1 aromatic heterocycles. The van der Waals surface area contributed by atoms with Crippen molar-refractivity contribution in [3.8, 4) is 0 Å². The quantitative estimate of drug-likeness (QED) is 0.815. The summed E-state index contributed by atoms with van der Waals surface area (Å²) >= 11 is 5.78. The van der Waals surface area contributed by atoms with Crippen LogP contribution in [-0.2, 0) is 0 Å². The lowest BCUT2D eigenvalue weighted by atomic mass is 10.2. The van der Waals surface area contributed by atoms with E-state index in [0.717, 1.165) is 6.54 Å². The Kier molecular flexibility index (Phi) is 5.20. The first-order chi connectivity index (χ1) is 9.58. The zero-order chi connectivity index (χ0) is 14.5. The average molecular weight is 297 g/mol. The van der Waals surface area contributed by atoms with Crippen LogP contribution in [0.5, 0.6) is 0 Å². The maximum Gasteiger partial charge on any atom is 0.253 e. The van der Waals surface area contributed by atoms with Crippen LogP contribution in [0.4, 0.5) is 5.69 Å². The van der Waals surface area contributed by atoms with Gasteiger partial charge in [0.25, 0.3) is 5.91 Å². The maximum absolute atomic E-state index is 12.0. The highest BCUT2D eigenvalue weighted by Gasteiger charge is 2.19. The zero-order valence-electron chi connectivity index (χ0n) is 11.7. The van der Waals surface area contributed by atoms with Gasteiger partial charge in [-0.2, -0.15) is 0 Å². The fraction of sp³-hybridized carbons (Fsp3) is 0.571. The van der Waals surface area contributed by atoms with Crippen molar-refractivity contribution >= 4 is 23.2 Å². The van der Waals surface area contributed by atoms with Crippen molar-refractivity contribution in [2.75, 3.05) is 25.9 Å². The van der Waals surface area contributed by atoms with E-state index in [1.165, 1.54) is 37.9 Å². The van der Waals surface area contributed by atoms with Crippen LogP contribution in [0.15, 0.2) is 12.3 Å². The number of carbonyl (C=O) groups is 1. The molecule has 0 aromatic carbocycles. The number of carbonyl (C=O) groups excluding carboxylic acids is 1. The van der Waals surface area contributed by atoms with Crippen LogP contribution in [0.2, 0.25) is 5.15 Å². The molecule has 1 aliphatic rings. The Balaban J connectivity index is 1.81. The second kappa shape index (κ2) is 6.90. The summed E-state index contributed by atoms with van der Waals surface area (Å²) in [6.07, 6.45) is 6.55. The van der Waals surface area contributed by atoms with Crippen molar-refractivity contribution in [1.82, 2.24) is 15.2 Å². The summed E-state index contributed by atoms with van der Waals surface area (Å²) in [5.41, 5.74) is 6.46. The lowest BCUT2D eigenvalue weighted by molar-refractivity contribution is 0.0948. The van der Waals surface area contributed by atoms with Gasteiger partial charge in [-0.05, 0) is 26.0 Å². The van der Waals surface area contributed by atoms with Gasteiger partial charge in [-0.15, -0.1) is 0 Å². The Morgan fingerprint density at radius 1 is 1.55 bits per heavy atom. The van der Waals surface area contributed by atoms with Crippen LogP contribution in [0.25, 0.3) is 0 Å². The molecule has 3 N–H and O–H groups in total. The summed E-state index contributed by atoms with van der Waals surface area (Å²) in [4.78, 5) is 18.2. The third-order valence-electron chi connectivity index (χ3n) is 3.84. The number of nitrogen functional groups attached to an aromatic ring is 1. The van der Waals surface area contributed by atoms with Gasteiger partial charge in [0.2, 0.25) is 0 Å². The molecule has 0 atom stereocenters. The molecular weight excluding hydrogens is 276 g/mol. The summed E-state index contributed by atoms with van der Waals surface area (Å²) in [5, 5.41) is 3.15. The number of hydrogen-bond acceptors (Lipinski definition) is 4. The first-order valence-electron chi connectivity index (χ1n) is 6.97. The predicted molar refractivity (Wildman–Crippen MR) is 80.9 cm³/mol. The largest absolute Gasteiger partial charge is 0.397 e. The number of nitrogens with two attached hydrogens (primary N) is 1. The van der Waals surface area contributed by atoms with Crippen molar-refractivity contribution in [3.63, 3.8) is 0 Å². The van der Waals surface area contributed by atoms with Crippen molar-refractivity contribution in [1.29, 1.82) is 0 Å². The normalized spacial score (nSPS) is 15.8. The molecule has 1 heterocycles. The van der Waals surface area contributed by atoms with E-state index in [1.54, 1.807) is 0 Å². The summed E-state index contributed by atoms with van der Waals surface area (Å²) in [6, 6.07) is 2.15. The molecule has 2 rings (SSSR count). The Morgan fingerprint density at radius 2 is 2.25 bits per heavy atom. The number of rotatable bonds is 5. The Labute approximate surface area is 124 Å². The number of pyridine rings is 1. The first-order valence-corrected chi connectivity index (χ1v) is 7.35. The molecule has 1 amide bonds. The molecule has 0 unspecified atom stereocenters. The number of aromatic nitrogens is 1. The topological polar surface area (TPSA) is 71.2 Å². The van der Waals surface area contributed by atoms with Gasteiger partial charge in [-0.1, -0.05) is 24.4 Å². The number of likely N-dealkylation sites (N-methyl/N-ethyl adjacent to an activating group) is 1. The summed E-state index contributed by atoms with van der Waals surface area (Å²) in [6.45, 7) is 1.44. The summed E-state index contributed by atoms with van der Waals surface area (Å²) < 4.78 is 0. The molecule has 0 spiro atoms. The monoisotopic (exact) mass is 296 g/mol. The highest BCUT2D eigenvalue weighted by Crippen LogP contribution is 2.21. The van der Waals surface area contributed by atoms with E-state index in [-0.39, 0.29) is 11.1 Å². The highest BCUT2D eigenvalue weighted by atomic mass is 35.5. The van der Waals surface area contributed by atoms with Gasteiger partial charge in [-0.25, -0.2) is 4.98 Å². The van der Waals surface area contributed by atoms with Crippen molar-refractivity contribution in [2.45, 2.75) is 31.7 Å². The number of halogens is 1. The molecule has 5 nitrogen and oxygen atoms in total. The standard InChI is InChI=1S/C14H21ClN4O/c1-19(10-4-2-3-5-10)7-6-17-14(20)11-8-13(15)18-9-12(11)16/h8-10H,2-7,16H2,1H3,(H,17,20). The van der Waals surface area contributed by atoms with Crippen LogP contribution in [0.3, 0.4) is 0 Å². The average Bonchev–Trinajstić information content (AvgIpc) is 2.95. The number of hydrogen-bond donors (Lipinski definition) is 2. The molecule has 0 saturated heterocycles. The number of amides is 1. The third-order valence-corrected chi connectivity index (χ3v) is 4.05. The fourth-order valence-corrected chi connectivity index (χ4v) is 2.76. The van der Waals surface area contributed by atoms with Gasteiger partial charge < -0.3 is 16.0 Å². The van der Waals surface area contributed by atoms with Gasteiger partial charge in [0.1, 0.15) is 5.15 Å². The maximum atomic E-state index is 12.0. The summed E-state index contributed by atoms with van der Waals surface area (Å²) in [5.74, 6) is -0.202. The molecule has 6 heteroatoms. The predicted octanol–water partition coefficient (Wildman–Crippen LogP) is 1.92. The Morgan fingerprint density at radius 3 is 2.95 bits per heavy atom. The molecule has 0 radical (unpaired) electrons. The van der Waals surface area contributed by atoms with Crippen molar-refractivity contribution in [2.24, 2.45) is 0 Å². The van der Waals surface area contributed by atoms with E-state index in [2.05, 4.69) is 22.2 Å². The molecule has 1 saturated carbocycles. The minimum Gasteiger partial charge on any atom is -0.397 e. The minimum absolute atomic E-state index is 0.202. The van der Waals surface area contributed by atoms with Crippen LogP contribution >= 0.6 is 11.6 Å².